The van der Waals surface area contributed by atoms with Gasteiger partial charge >= 0.3 is 0 Å². The molecule has 0 saturated carbocycles. The quantitative estimate of drug-likeness (QED) is 0.676. The molecule has 0 saturated heterocycles. The molecular weight excluding hydrogens is 188 g/mol. The van der Waals surface area contributed by atoms with Gasteiger partial charge in [-0.25, -0.2) is 0 Å². The number of ketones is 2. The maximum Gasteiger partial charge on any atom is 0.138 e. The van der Waals surface area contributed by atoms with Crippen LogP contribution in [0.2, 0.25) is 0 Å². The van der Waals surface area contributed by atoms with Gasteiger partial charge in [-0.3, -0.25) is 9.59 Å². The third kappa shape index (κ3) is 5.10. The Bertz CT molecular complexity index is 219. The smallest absolute Gasteiger partial charge is 0.138 e. The number of rotatable bonds is 6. The molecule has 0 amide bonds. The maximum absolute atomic E-state index is 11.7. The van der Waals surface area contributed by atoms with E-state index in [0.717, 1.165) is 12.8 Å². The Morgan fingerprint density at radius 2 is 1.47 bits per heavy atom. The van der Waals surface area contributed by atoms with Gasteiger partial charge in [0.05, 0.1) is 0 Å². The molecule has 0 aliphatic carbocycles. The summed E-state index contributed by atoms with van der Waals surface area (Å²) >= 11 is 0. The molecule has 2 nitrogen and oxygen atoms in total. The minimum atomic E-state index is -0.311. The van der Waals surface area contributed by atoms with Gasteiger partial charge in [-0.05, 0) is 12.8 Å². The molecule has 2 heteroatoms. The lowest BCUT2D eigenvalue weighted by molar-refractivity contribution is -0.130. The molecule has 0 atom stereocenters. The van der Waals surface area contributed by atoms with Gasteiger partial charge in [0.2, 0.25) is 0 Å². The minimum Gasteiger partial charge on any atom is -0.299 e. The molecule has 0 N–H and O–H groups in total. The molecule has 0 heterocycles. The van der Waals surface area contributed by atoms with Crippen molar-refractivity contribution in [3.8, 4) is 0 Å². The van der Waals surface area contributed by atoms with Gasteiger partial charge in [0.1, 0.15) is 11.6 Å². The standard InChI is InChI=1S/C13H24O2/c1-6-10(7-2)11(14)8-9-12(15)13(3,4)5/h10H,6-9H2,1-5H3. The van der Waals surface area contributed by atoms with Crippen LogP contribution in [0.15, 0.2) is 0 Å². The van der Waals surface area contributed by atoms with Crippen molar-refractivity contribution in [2.45, 2.75) is 60.3 Å². The summed E-state index contributed by atoms with van der Waals surface area (Å²) in [5.74, 6) is 0.581. The lowest BCUT2D eigenvalue weighted by atomic mass is 9.86. The van der Waals surface area contributed by atoms with Crippen LogP contribution in [-0.2, 0) is 9.59 Å². The van der Waals surface area contributed by atoms with Crippen LogP contribution in [0.4, 0.5) is 0 Å². The molecule has 0 fully saturated rings. The van der Waals surface area contributed by atoms with Crippen LogP contribution in [-0.4, -0.2) is 11.6 Å². The summed E-state index contributed by atoms with van der Waals surface area (Å²) in [6, 6.07) is 0. The molecule has 88 valence electrons. The third-order valence-electron chi connectivity index (χ3n) is 2.88. The van der Waals surface area contributed by atoms with Gasteiger partial charge < -0.3 is 0 Å². The van der Waals surface area contributed by atoms with Crippen LogP contribution in [0, 0.1) is 11.3 Å². The Morgan fingerprint density at radius 1 is 1.00 bits per heavy atom. The first-order chi connectivity index (χ1) is 6.82. The number of carbonyl (C=O) groups excluding carboxylic acids is 2. The minimum absolute atomic E-state index is 0.151. The van der Waals surface area contributed by atoms with Crippen LogP contribution in [0.1, 0.15) is 60.3 Å². The van der Waals surface area contributed by atoms with Crippen LogP contribution in [0.5, 0.6) is 0 Å². The van der Waals surface area contributed by atoms with Crippen molar-refractivity contribution in [2.24, 2.45) is 11.3 Å². The van der Waals surface area contributed by atoms with E-state index in [2.05, 4.69) is 0 Å². The molecule has 0 radical (unpaired) electrons. The highest BCUT2D eigenvalue weighted by Crippen LogP contribution is 2.19. The highest BCUT2D eigenvalue weighted by molar-refractivity contribution is 5.89. The average molecular weight is 212 g/mol. The van der Waals surface area contributed by atoms with E-state index in [-0.39, 0.29) is 22.9 Å². The fourth-order valence-electron chi connectivity index (χ4n) is 1.56. The third-order valence-corrected chi connectivity index (χ3v) is 2.88. The zero-order valence-electron chi connectivity index (χ0n) is 10.7. The normalized spacial score (nSPS) is 11.9. The van der Waals surface area contributed by atoms with E-state index in [4.69, 9.17) is 0 Å². The summed E-state index contributed by atoms with van der Waals surface area (Å²) in [5.41, 5.74) is -0.311. The number of hydrogen-bond donors (Lipinski definition) is 0. The topological polar surface area (TPSA) is 34.1 Å². The van der Waals surface area contributed by atoms with Gasteiger partial charge in [0, 0.05) is 24.2 Å². The van der Waals surface area contributed by atoms with Crippen LogP contribution in [0.3, 0.4) is 0 Å². The monoisotopic (exact) mass is 212 g/mol. The second kappa shape index (κ2) is 6.04. The van der Waals surface area contributed by atoms with E-state index in [1.807, 2.05) is 34.6 Å². The molecule has 0 aromatic carbocycles. The molecule has 0 aliphatic rings. The highest BCUT2D eigenvalue weighted by atomic mass is 16.1. The summed E-state index contributed by atoms with van der Waals surface area (Å²) in [4.78, 5) is 23.3. The predicted molar refractivity (Wildman–Crippen MR) is 62.8 cm³/mol. The van der Waals surface area contributed by atoms with Gasteiger partial charge in [-0.1, -0.05) is 34.6 Å². The Hall–Kier alpha value is -0.660. The maximum atomic E-state index is 11.7. The second-order valence-electron chi connectivity index (χ2n) is 5.15. The van der Waals surface area contributed by atoms with Crippen molar-refractivity contribution in [2.75, 3.05) is 0 Å². The van der Waals surface area contributed by atoms with Crippen molar-refractivity contribution in [3.05, 3.63) is 0 Å². The summed E-state index contributed by atoms with van der Waals surface area (Å²) < 4.78 is 0. The summed E-state index contributed by atoms with van der Waals surface area (Å²) in [6.45, 7) is 9.75. The Labute approximate surface area is 93.4 Å². The van der Waals surface area contributed by atoms with Crippen molar-refractivity contribution < 1.29 is 9.59 Å². The van der Waals surface area contributed by atoms with Crippen molar-refractivity contribution in [1.29, 1.82) is 0 Å². The molecule has 0 unspecified atom stereocenters. The van der Waals surface area contributed by atoms with E-state index in [1.54, 1.807) is 0 Å². The zero-order valence-corrected chi connectivity index (χ0v) is 10.7. The van der Waals surface area contributed by atoms with Gasteiger partial charge in [0.15, 0.2) is 0 Å². The first kappa shape index (κ1) is 14.3. The number of Topliss-reactive ketones (excluding diaryl/α,β-unsaturated/α-hetero) is 2. The largest absolute Gasteiger partial charge is 0.299 e. The fraction of sp³-hybridized carbons (Fsp3) is 0.846. The van der Waals surface area contributed by atoms with E-state index in [9.17, 15) is 9.59 Å². The van der Waals surface area contributed by atoms with E-state index in [1.165, 1.54) is 0 Å². The van der Waals surface area contributed by atoms with Crippen LogP contribution in [0.25, 0.3) is 0 Å². The first-order valence-corrected chi connectivity index (χ1v) is 5.88. The molecule has 0 aromatic rings. The molecule has 0 rings (SSSR count). The number of carbonyl (C=O) groups is 2. The first-order valence-electron chi connectivity index (χ1n) is 5.88. The van der Waals surface area contributed by atoms with E-state index >= 15 is 0 Å². The average Bonchev–Trinajstić information content (AvgIpc) is 2.14. The molecule has 15 heavy (non-hydrogen) atoms. The van der Waals surface area contributed by atoms with Gasteiger partial charge in [0.25, 0.3) is 0 Å². The summed E-state index contributed by atoms with van der Waals surface area (Å²) in [5, 5.41) is 0. The fourth-order valence-corrected chi connectivity index (χ4v) is 1.56. The van der Waals surface area contributed by atoms with E-state index in [0.29, 0.717) is 12.8 Å². The van der Waals surface area contributed by atoms with Gasteiger partial charge in [-0.2, -0.15) is 0 Å². The number of hydrogen-bond acceptors (Lipinski definition) is 2. The Morgan fingerprint density at radius 3 is 1.80 bits per heavy atom. The molecular formula is C13H24O2. The lowest BCUT2D eigenvalue weighted by Crippen LogP contribution is -2.22. The van der Waals surface area contributed by atoms with Crippen molar-refractivity contribution >= 4 is 11.6 Å². The summed E-state index contributed by atoms with van der Waals surface area (Å²) in [6.07, 6.45) is 2.60. The zero-order chi connectivity index (χ0) is 12.1. The second-order valence-corrected chi connectivity index (χ2v) is 5.15. The Kier molecular flexibility index (Phi) is 5.77. The lowest BCUT2D eigenvalue weighted by Gasteiger charge is -2.17. The van der Waals surface area contributed by atoms with Gasteiger partial charge in [-0.15, -0.1) is 0 Å². The molecule has 0 spiro atoms. The molecule has 0 bridgehead atoms. The molecule has 0 aromatic heterocycles. The summed E-state index contributed by atoms with van der Waals surface area (Å²) in [7, 11) is 0. The van der Waals surface area contributed by atoms with E-state index < -0.39 is 0 Å². The highest BCUT2D eigenvalue weighted by Gasteiger charge is 2.23. The van der Waals surface area contributed by atoms with Crippen LogP contribution >= 0.6 is 0 Å². The Balaban J connectivity index is 4.06. The van der Waals surface area contributed by atoms with Crippen molar-refractivity contribution in [3.63, 3.8) is 0 Å². The molecule has 0 aliphatic heterocycles. The van der Waals surface area contributed by atoms with Crippen LogP contribution < -0.4 is 0 Å². The predicted octanol–water partition coefficient (Wildman–Crippen LogP) is 3.39. The van der Waals surface area contributed by atoms with Crippen molar-refractivity contribution in [1.82, 2.24) is 0 Å². The SMILES string of the molecule is CCC(CC)C(=O)CCC(=O)C(C)(C)C.